The molecule has 1 aliphatic carbocycles. The molecular weight excluding hydrogens is 270 g/mol. The van der Waals surface area contributed by atoms with Gasteiger partial charge in [-0.05, 0) is 30.9 Å². The van der Waals surface area contributed by atoms with E-state index < -0.39 is 0 Å². The lowest BCUT2D eigenvalue weighted by Crippen LogP contribution is -2.35. The molecule has 1 saturated carbocycles. The maximum absolute atomic E-state index is 12.0. The highest BCUT2D eigenvalue weighted by atomic mass is 16.5. The van der Waals surface area contributed by atoms with Gasteiger partial charge >= 0.3 is 6.03 Å². The van der Waals surface area contributed by atoms with Gasteiger partial charge < -0.3 is 20.1 Å². The zero-order valence-corrected chi connectivity index (χ0v) is 12.2. The lowest BCUT2D eigenvalue weighted by atomic mass is 10.0. The Labute approximate surface area is 123 Å². The molecule has 2 aliphatic rings. The van der Waals surface area contributed by atoms with Gasteiger partial charge in [-0.1, -0.05) is 0 Å². The minimum Gasteiger partial charge on any atom is -0.497 e. The van der Waals surface area contributed by atoms with E-state index in [9.17, 15) is 4.79 Å². The summed E-state index contributed by atoms with van der Waals surface area (Å²) in [6, 6.07) is 4.90. The topological polar surface area (TPSA) is 77.2 Å². The number of nitrogens with two attached hydrogens (primary N) is 1. The Morgan fingerprint density at radius 3 is 2.71 bits per heavy atom. The number of hydrogen-bond acceptors (Lipinski definition) is 4. The largest absolute Gasteiger partial charge is 0.497 e. The van der Waals surface area contributed by atoms with Crippen molar-refractivity contribution in [2.45, 2.75) is 18.9 Å². The maximum atomic E-state index is 12.0. The molecule has 21 heavy (non-hydrogen) atoms. The second-order valence-corrected chi connectivity index (χ2v) is 5.43. The van der Waals surface area contributed by atoms with Crippen LogP contribution in [0.3, 0.4) is 0 Å². The van der Waals surface area contributed by atoms with Crippen molar-refractivity contribution >= 4 is 11.9 Å². The molecule has 0 aromatic heterocycles. The minimum atomic E-state index is -0.348. The predicted molar refractivity (Wildman–Crippen MR) is 78.7 cm³/mol. The molecule has 1 aromatic carbocycles. The summed E-state index contributed by atoms with van der Waals surface area (Å²) < 4.78 is 10.6. The van der Waals surface area contributed by atoms with Gasteiger partial charge in [0.05, 0.1) is 14.2 Å². The van der Waals surface area contributed by atoms with Gasteiger partial charge in [-0.15, -0.1) is 0 Å². The fourth-order valence-corrected chi connectivity index (χ4v) is 2.64. The van der Waals surface area contributed by atoms with E-state index in [2.05, 4.69) is 4.99 Å². The van der Waals surface area contributed by atoms with Crippen molar-refractivity contribution in [1.82, 2.24) is 4.90 Å². The van der Waals surface area contributed by atoms with Crippen LogP contribution in [0.1, 0.15) is 24.4 Å². The lowest BCUT2D eigenvalue weighted by molar-refractivity contribution is 0.203. The summed E-state index contributed by atoms with van der Waals surface area (Å²) in [6.07, 6.45) is 2.33. The molecule has 2 N–H and O–H groups in total. The number of carbonyl (C=O) groups excluding carboxylic acids is 1. The van der Waals surface area contributed by atoms with Crippen LogP contribution in [0.5, 0.6) is 11.5 Å². The number of aliphatic imine (C=N–C) groups is 1. The second kappa shape index (κ2) is 5.27. The molecule has 0 spiro atoms. The molecule has 112 valence electrons. The van der Waals surface area contributed by atoms with Crippen molar-refractivity contribution in [3.8, 4) is 11.5 Å². The van der Waals surface area contributed by atoms with Gasteiger partial charge in [0.1, 0.15) is 23.4 Å². The smallest absolute Gasteiger partial charge is 0.346 e. The summed E-state index contributed by atoms with van der Waals surface area (Å²) in [4.78, 5) is 17.7. The molecule has 1 aliphatic heterocycles. The Balaban J connectivity index is 1.96. The molecule has 0 bridgehead atoms. The zero-order valence-electron chi connectivity index (χ0n) is 12.2. The third-order valence-corrected chi connectivity index (χ3v) is 3.95. The van der Waals surface area contributed by atoms with Crippen molar-refractivity contribution in [2.24, 2.45) is 16.6 Å². The number of benzene rings is 1. The van der Waals surface area contributed by atoms with E-state index in [1.54, 1.807) is 25.2 Å². The average molecular weight is 289 g/mol. The van der Waals surface area contributed by atoms with E-state index in [0.717, 1.165) is 18.4 Å². The van der Waals surface area contributed by atoms with Gasteiger partial charge in [-0.2, -0.15) is 4.99 Å². The van der Waals surface area contributed by atoms with Gasteiger partial charge in [-0.3, -0.25) is 0 Å². The van der Waals surface area contributed by atoms with Crippen LogP contribution in [-0.4, -0.2) is 37.5 Å². The van der Waals surface area contributed by atoms with Crippen LogP contribution in [0, 0.1) is 5.92 Å². The number of amides is 2. The number of ether oxygens (including phenoxy) is 2. The molecular formula is C15H19N3O3. The van der Waals surface area contributed by atoms with Gasteiger partial charge in [0.2, 0.25) is 0 Å². The highest BCUT2D eigenvalue weighted by Gasteiger charge is 2.39. The average Bonchev–Trinajstić information content (AvgIpc) is 3.25. The summed E-state index contributed by atoms with van der Waals surface area (Å²) in [7, 11) is 3.19. The molecule has 6 nitrogen and oxygen atoms in total. The fraction of sp³-hybridized carbons (Fsp3) is 0.467. The Morgan fingerprint density at radius 2 is 2.10 bits per heavy atom. The third kappa shape index (κ3) is 2.53. The Kier molecular flexibility index (Phi) is 3.45. The monoisotopic (exact) mass is 289 g/mol. The fourth-order valence-electron chi connectivity index (χ4n) is 2.64. The molecule has 0 radical (unpaired) electrons. The molecule has 1 heterocycles. The number of urea groups is 1. The van der Waals surface area contributed by atoms with E-state index in [1.807, 2.05) is 12.1 Å². The number of amidine groups is 1. The highest BCUT2D eigenvalue weighted by Crippen LogP contribution is 2.39. The van der Waals surface area contributed by atoms with Crippen molar-refractivity contribution in [3.05, 3.63) is 23.8 Å². The van der Waals surface area contributed by atoms with Gasteiger partial charge in [0.15, 0.2) is 0 Å². The molecule has 3 rings (SSSR count). The Hall–Kier alpha value is -2.24. The standard InChI is InChI=1S/C15H19N3O3/c1-20-10-5-6-11(12(7-10)21-2)13-14(16)17-15(19)18(13)8-9-3-4-9/h5-7,9,13H,3-4,8H2,1-2H3,(H2,16,17,19). The van der Waals surface area contributed by atoms with Gasteiger partial charge in [0.25, 0.3) is 0 Å². The first kappa shape index (κ1) is 13.7. The molecule has 1 atom stereocenters. The Bertz CT molecular complexity index is 596. The van der Waals surface area contributed by atoms with Crippen molar-refractivity contribution in [1.29, 1.82) is 0 Å². The zero-order chi connectivity index (χ0) is 15.0. The number of carbonyl (C=O) groups is 1. The van der Waals surface area contributed by atoms with Gasteiger partial charge in [-0.25, -0.2) is 4.79 Å². The van der Waals surface area contributed by atoms with Crippen molar-refractivity contribution in [2.75, 3.05) is 20.8 Å². The van der Waals surface area contributed by atoms with Crippen LogP contribution < -0.4 is 15.2 Å². The van der Waals surface area contributed by atoms with E-state index in [0.29, 0.717) is 29.8 Å². The van der Waals surface area contributed by atoms with Crippen LogP contribution in [0.4, 0.5) is 4.79 Å². The first-order valence-electron chi connectivity index (χ1n) is 7.00. The van der Waals surface area contributed by atoms with Crippen LogP contribution >= 0.6 is 0 Å². The van der Waals surface area contributed by atoms with Crippen molar-refractivity contribution < 1.29 is 14.3 Å². The molecule has 2 amide bonds. The van der Waals surface area contributed by atoms with Crippen LogP contribution in [-0.2, 0) is 0 Å². The van der Waals surface area contributed by atoms with Crippen LogP contribution in [0.25, 0.3) is 0 Å². The second-order valence-electron chi connectivity index (χ2n) is 5.43. The Morgan fingerprint density at radius 1 is 1.33 bits per heavy atom. The summed E-state index contributed by atoms with van der Waals surface area (Å²) in [5.74, 6) is 2.24. The first-order valence-corrected chi connectivity index (χ1v) is 7.00. The number of hydrogen-bond donors (Lipinski definition) is 1. The molecule has 0 saturated heterocycles. The molecule has 1 aromatic rings. The summed E-state index contributed by atoms with van der Waals surface area (Å²) in [5, 5.41) is 0. The first-order chi connectivity index (χ1) is 10.1. The summed E-state index contributed by atoms with van der Waals surface area (Å²) in [6.45, 7) is 0.697. The molecule has 1 unspecified atom stereocenters. The normalized spacial score (nSPS) is 21.4. The van der Waals surface area contributed by atoms with E-state index in [4.69, 9.17) is 15.2 Å². The summed E-state index contributed by atoms with van der Waals surface area (Å²) in [5.41, 5.74) is 6.82. The molecule has 6 heteroatoms. The SMILES string of the molecule is COc1ccc(C2C(N)=NC(=O)N2CC2CC2)c(OC)c1. The summed E-state index contributed by atoms with van der Waals surface area (Å²) >= 11 is 0. The van der Waals surface area contributed by atoms with Crippen molar-refractivity contribution in [3.63, 3.8) is 0 Å². The quantitative estimate of drug-likeness (QED) is 0.898. The molecule has 1 fully saturated rings. The van der Waals surface area contributed by atoms with Crippen LogP contribution in [0.2, 0.25) is 0 Å². The third-order valence-electron chi connectivity index (χ3n) is 3.95. The van der Waals surface area contributed by atoms with Gasteiger partial charge in [0, 0.05) is 18.2 Å². The van der Waals surface area contributed by atoms with Crippen LogP contribution in [0.15, 0.2) is 23.2 Å². The highest BCUT2D eigenvalue weighted by molar-refractivity contribution is 6.03. The number of methoxy groups -OCH3 is 2. The predicted octanol–water partition coefficient (Wildman–Crippen LogP) is 1.95. The maximum Gasteiger partial charge on any atom is 0.346 e. The van der Waals surface area contributed by atoms with E-state index in [-0.39, 0.29) is 12.1 Å². The number of nitrogens with zero attached hydrogens (tertiary/aromatic N) is 2. The number of rotatable bonds is 5. The van der Waals surface area contributed by atoms with E-state index in [1.165, 1.54) is 0 Å². The minimum absolute atomic E-state index is 0.262. The lowest BCUT2D eigenvalue weighted by Gasteiger charge is -2.26. The van der Waals surface area contributed by atoms with E-state index >= 15 is 0 Å².